The largest absolute Gasteiger partial charge is 0.289 e. The van der Waals surface area contributed by atoms with Crippen LogP contribution in [0.25, 0.3) is 0 Å². The zero-order valence-electron chi connectivity index (χ0n) is 10.0. The number of anilines is 2. The molecule has 1 heterocycles. The summed E-state index contributed by atoms with van der Waals surface area (Å²) in [5.41, 5.74) is 1.87. The third-order valence-electron chi connectivity index (χ3n) is 2.97. The first-order chi connectivity index (χ1) is 9.20. The smallest absolute Gasteiger partial charge is 0.185 e. The van der Waals surface area contributed by atoms with Crippen molar-refractivity contribution in [1.82, 2.24) is 0 Å². The van der Waals surface area contributed by atoms with Gasteiger partial charge in [-0.05, 0) is 36.4 Å². The van der Waals surface area contributed by atoms with Gasteiger partial charge in [-0.1, -0.05) is 30.5 Å². The van der Waals surface area contributed by atoms with Crippen LogP contribution in [0.5, 0.6) is 0 Å². The average molecular weight is 269 g/mol. The lowest BCUT2D eigenvalue weighted by atomic mass is 10.1. The number of allylic oxidation sites excluding steroid dienone is 1. The highest BCUT2D eigenvalue weighted by Gasteiger charge is 2.22. The lowest BCUT2D eigenvalue weighted by Gasteiger charge is -2.27. The number of rotatable bonds is 2. The summed E-state index contributed by atoms with van der Waals surface area (Å²) in [4.78, 5) is 13.5. The second kappa shape index (κ2) is 4.57. The lowest BCUT2D eigenvalue weighted by molar-refractivity contribution is 0.104. The number of carbonyl (C=O) groups is 1. The van der Waals surface area contributed by atoms with Crippen molar-refractivity contribution in [2.75, 3.05) is 5.06 Å². The Morgan fingerprint density at radius 3 is 2.68 bits per heavy atom. The third kappa shape index (κ3) is 1.95. The first kappa shape index (κ1) is 12.0. The van der Waals surface area contributed by atoms with E-state index in [1.54, 1.807) is 23.9 Å². The molecule has 2 aromatic carbocycles. The maximum Gasteiger partial charge on any atom is 0.185 e. The number of nitrogens with zero attached hydrogens (tertiary/aromatic N) is 1. The number of hydrogen-bond donors (Lipinski definition) is 1. The van der Waals surface area contributed by atoms with Crippen molar-refractivity contribution in [3.63, 3.8) is 0 Å². The maximum absolute atomic E-state index is 11.6. The Morgan fingerprint density at radius 2 is 1.89 bits per heavy atom. The van der Waals surface area contributed by atoms with Crippen molar-refractivity contribution in [3.05, 3.63) is 60.7 Å². The molecule has 0 unspecified atom stereocenters. The molecule has 0 aliphatic carbocycles. The molecule has 0 saturated heterocycles. The number of para-hydroxylation sites is 1. The van der Waals surface area contributed by atoms with E-state index in [1.807, 2.05) is 30.3 Å². The van der Waals surface area contributed by atoms with Crippen LogP contribution < -0.4 is 5.06 Å². The van der Waals surface area contributed by atoms with Crippen molar-refractivity contribution < 1.29 is 10.0 Å². The van der Waals surface area contributed by atoms with Crippen molar-refractivity contribution in [2.45, 2.75) is 9.79 Å². The Morgan fingerprint density at radius 1 is 1.16 bits per heavy atom. The normalized spacial score (nSPS) is 12.6. The third-order valence-corrected chi connectivity index (χ3v) is 4.10. The first-order valence-electron chi connectivity index (χ1n) is 5.77. The Kier molecular flexibility index (Phi) is 2.89. The van der Waals surface area contributed by atoms with Gasteiger partial charge in [0, 0.05) is 15.4 Å². The lowest BCUT2D eigenvalue weighted by Crippen LogP contribution is -2.16. The SMILES string of the molecule is C=CC(=O)c1ccc2c(c1)N(O)c1ccccc1S2. The highest BCUT2D eigenvalue weighted by atomic mass is 32.2. The van der Waals surface area contributed by atoms with Gasteiger partial charge in [0.05, 0.1) is 11.4 Å². The van der Waals surface area contributed by atoms with E-state index in [4.69, 9.17) is 0 Å². The predicted molar refractivity (Wildman–Crippen MR) is 75.5 cm³/mol. The quantitative estimate of drug-likeness (QED) is 0.659. The molecule has 0 bridgehead atoms. The van der Waals surface area contributed by atoms with Crippen LogP contribution in [-0.2, 0) is 0 Å². The molecular formula is C15H11NO2S. The standard InChI is InChI=1S/C15H11NO2S/c1-2-13(17)10-7-8-15-12(9-10)16(18)11-5-3-4-6-14(11)19-15/h2-9,18H,1H2. The van der Waals surface area contributed by atoms with E-state index >= 15 is 0 Å². The maximum atomic E-state index is 11.6. The van der Waals surface area contributed by atoms with Gasteiger partial charge < -0.3 is 0 Å². The molecular weight excluding hydrogens is 258 g/mol. The van der Waals surface area contributed by atoms with E-state index in [0.29, 0.717) is 11.3 Å². The number of carbonyl (C=O) groups excluding carboxylic acids is 1. The first-order valence-corrected chi connectivity index (χ1v) is 6.59. The molecule has 2 aromatic rings. The Bertz CT molecular complexity index is 682. The number of hydrogen-bond acceptors (Lipinski definition) is 4. The van der Waals surface area contributed by atoms with E-state index in [2.05, 4.69) is 6.58 Å². The van der Waals surface area contributed by atoms with Crippen LogP contribution in [0, 0.1) is 0 Å². The van der Waals surface area contributed by atoms with Crippen molar-refractivity contribution in [2.24, 2.45) is 0 Å². The molecule has 0 fully saturated rings. The summed E-state index contributed by atoms with van der Waals surface area (Å²) in [6.07, 6.45) is 1.27. The molecule has 0 spiro atoms. The molecule has 0 amide bonds. The summed E-state index contributed by atoms with van der Waals surface area (Å²) in [7, 11) is 0. The zero-order chi connectivity index (χ0) is 13.4. The van der Waals surface area contributed by atoms with Gasteiger partial charge >= 0.3 is 0 Å². The van der Waals surface area contributed by atoms with E-state index < -0.39 is 0 Å². The van der Waals surface area contributed by atoms with Crippen LogP contribution in [0.4, 0.5) is 11.4 Å². The fourth-order valence-electron chi connectivity index (χ4n) is 2.01. The molecule has 1 aliphatic rings. The molecule has 0 saturated carbocycles. The molecule has 94 valence electrons. The van der Waals surface area contributed by atoms with E-state index in [1.165, 1.54) is 6.08 Å². The molecule has 0 aromatic heterocycles. The molecule has 1 N–H and O–H groups in total. The van der Waals surface area contributed by atoms with Crippen LogP contribution in [0.15, 0.2) is 64.9 Å². The van der Waals surface area contributed by atoms with Crippen molar-refractivity contribution in [1.29, 1.82) is 0 Å². The second-order valence-electron chi connectivity index (χ2n) is 4.13. The monoisotopic (exact) mass is 269 g/mol. The Balaban J connectivity index is 2.11. The van der Waals surface area contributed by atoms with E-state index in [-0.39, 0.29) is 5.78 Å². The minimum atomic E-state index is -0.153. The second-order valence-corrected chi connectivity index (χ2v) is 5.22. The van der Waals surface area contributed by atoms with Gasteiger partial charge in [0.2, 0.25) is 0 Å². The van der Waals surface area contributed by atoms with Gasteiger partial charge in [0.25, 0.3) is 0 Å². The number of ketones is 1. The van der Waals surface area contributed by atoms with Gasteiger partial charge in [-0.25, -0.2) is 5.06 Å². The Hall–Kier alpha value is -2.04. The summed E-state index contributed by atoms with van der Waals surface area (Å²) in [5, 5.41) is 11.4. The minimum Gasteiger partial charge on any atom is -0.289 e. The van der Waals surface area contributed by atoms with Crippen LogP contribution >= 0.6 is 11.8 Å². The topological polar surface area (TPSA) is 40.5 Å². The zero-order valence-corrected chi connectivity index (χ0v) is 10.9. The van der Waals surface area contributed by atoms with Gasteiger partial charge in [-0.2, -0.15) is 0 Å². The number of benzene rings is 2. The minimum absolute atomic E-state index is 0.153. The van der Waals surface area contributed by atoms with Crippen LogP contribution in [0.1, 0.15) is 10.4 Å². The van der Waals surface area contributed by atoms with Crippen LogP contribution in [0.2, 0.25) is 0 Å². The van der Waals surface area contributed by atoms with E-state index in [9.17, 15) is 10.0 Å². The van der Waals surface area contributed by atoms with Gasteiger partial charge in [0.1, 0.15) is 0 Å². The van der Waals surface area contributed by atoms with Crippen LogP contribution in [-0.4, -0.2) is 11.0 Å². The summed E-state index contributed by atoms with van der Waals surface area (Å²) in [5.74, 6) is -0.153. The summed E-state index contributed by atoms with van der Waals surface area (Å²) in [6, 6.07) is 12.9. The molecule has 4 heteroatoms. The fraction of sp³-hybridized carbons (Fsp3) is 0. The van der Waals surface area contributed by atoms with Gasteiger partial charge in [-0.15, -0.1) is 0 Å². The van der Waals surface area contributed by atoms with E-state index in [0.717, 1.165) is 20.5 Å². The van der Waals surface area contributed by atoms with Crippen molar-refractivity contribution >= 4 is 28.9 Å². The van der Waals surface area contributed by atoms with Crippen LogP contribution in [0.3, 0.4) is 0 Å². The molecule has 0 radical (unpaired) electrons. The van der Waals surface area contributed by atoms with Crippen molar-refractivity contribution in [3.8, 4) is 0 Å². The summed E-state index contributed by atoms with van der Waals surface area (Å²) < 4.78 is 0. The molecule has 1 aliphatic heterocycles. The molecule has 3 rings (SSSR count). The Labute approximate surface area is 115 Å². The molecule has 3 nitrogen and oxygen atoms in total. The molecule has 0 atom stereocenters. The van der Waals surface area contributed by atoms with Gasteiger partial charge in [-0.3, -0.25) is 10.0 Å². The average Bonchev–Trinajstić information content (AvgIpc) is 2.46. The highest BCUT2D eigenvalue weighted by molar-refractivity contribution is 7.99. The number of fused-ring (bicyclic) bond motifs is 2. The van der Waals surface area contributed by atoms with Gasteiger partial charge in [0.15, 0.2) is 5.78 Å². The predicted octanol–water partition coefficient (Wildman–Crippen LogP) is 4.05. The highest BCUT2D eigenvalue weighted by Crippen LogP contribution is 2.47. The molecule has 19 heavy (non-hydrogen) atoms. The fourth-order valence-corrected chi connectivity index (χ4v) is 3.04. The summed E-state index contributed by atoms with van der Waals surface area (Å²) >= 11 is 1.58. The summed E-state index contributed by atoms with van der Waals surface area (Å²) in [6.45, 7) is 3.47.